The molecule has 0 saturated carbocycles. The first-order chi connectivity index (χ1) is 13.3. The van der Waals surface area contributed by atoms with Gasteiger partial charge in [0.2, 0.25) is 15.9 Å². The molecule has 0 spiro atoms. The SMILES string of the molecule is CC(C)[C@H](NS(=O)(=O)c1cccc2cccnc12)C(=O)Nc1ccc(Cl)cc1. The molecular weight excluding hydrogens is 398 g/mol. The van der Waals surface area contributed by atoms with E-state index in [1.54, 1.807) is 62.4 Å². The maximum Gasteiger partial charge on any atom is 0.243 e. The van der Waals surface area contributed by atoms with Gasteiger partial charge in [0.1, 0.15) is 10.9 Å². The number of carbonyl (C=O) groups excluding carboxylic acids is 1. The average molecular weight is 418 g/mol. The van der Waals surface area contributed by atoms with Gasteiger partial charge in [0.15, 0.2) is 0 Å². The van der Waals surface area contributed by atoms with Gasteiger partial charge in [0.05, 0.1) is 5.52 Å². The number of para-hydroxylation sites is 1. The molecule has 0 radical (unpaired) electrons. The summed E-state index contributed by atoms with van der Waals surface area (Å²) in [5.74, 6) is -0.723. The lowest BCUT2D eigenvalue weighted by molar-refractivity contribution is -0.118. The first-order valence-electron chi connectivity index (χ1n) is 8.70. The van der Waals surface area contributed by atoms with Crippen molar-refractivity contribution in [2.75, 3.05) is 5.32 Å². The molecule has 2 N–H and O–H groups in total. The molecule has 146 valence electrons. The van der Waals surface area contributed by atoms with Gasteiger partial charge in [0, 0.05) is 22.3 Å². The minimum Gasteiger partial charge on any atom is -0.325 e. The van der Waals surface area contributed by atoms with Gasteiger partial charge in [-0.2, -0.15) is 4.72 Å². The molecule has 0 unspecified atom stereocenters. The normalized spacial score (nSPS) is 12.9. The van der Waals surface area contributed by atoms with Gasteiger partial charge in [-0.05, 0) is 42.3 Å². The first kappa shape index (κ1) is 20.3. The lowest BCUT2D eigenvalue weighted by Crippen LogP contribution is -2.47. The number of nitrogens with one attached hydrogen (secondary N) is 2. The Bertz CT molecular complexity index is 1090. The summed E-state index contributed by atoms with van der Waals surface area (Å²) in [7, 11) is -3.97. The predicted molar refractivity (Wildman–Crippen MR) is 111 cm³/mol. The molecule has 0 aliphatic heterocycles. The zero-order chi connectivity index (χ0) is 20.3. The van der Waals surface area contributed by atoms with Crippen LogP contribution in [0.25, 0.3) is 10.9 Å². The summed E-state index contributed by atoms with van der Waals surface area (Å²) in [5, 5.41) is 3.97. The number of rotatable bonds is 6. The molecule has 28 heavy (non-hydrogen) atoms. The number of aromatic nitrogens is 1. The van der Waals surface area contributed by atoms with Gasteiger partial charge in [-0.1, -0.05) is 43.6 Å². The highest BCUT2D eigenvalue weighted by atomic mass is 35.5. The Hall–Kier alpha value is -2.48. The minimum absolute atomic E-state index is 0.0375. The number of nitrogens with zero attached hydrogens (tertiary/aromatic N) is 1. The van der Waals surface area contributed by atoms with Crippen LogP contribution in [-0.2, 0) is 14.8 Å². The third-order valence-electron chi connectivity index (χ3n) is 4.23. The molecule has 6 nitrogen and oxygen atoms in total. The number of pyridine rings is 1. The zero-order valence-corrected chi connectivity index (χ0v) is 17.0. The van der Waals surface area contributed by atoms with Crippen molar-refractivity contribution >= 4 is 44.1 Å². The van der Waals surface area contributed by atoms with E-state index in [9.17, 15) is 13.2 Å². The van der Waals surface area contributed by atoms with Crippen molar-refractivity contribution in [3.05, 3.63) is 65.8 Å². The molecule has 3 rings (SSSR count). The second-order valence-electron chi connectivity index (χ2n) is 6.67. The lowest BCUT2D eigenvalue weighted by atomic mass is 10.0. The van der Waals surface area contributed by atoms with Gasteiger partial charge in [-0.15, -0.1) is 0 Å². The Labute approximate surface area is 169 Å². The lowest BCUT2D eigenvalue weighted by Gasteiger charge is -2.22. The fourth-order valence-electron chi connectivity index (χ4n) is 2.77. The van der Waals surface area contributed by atoms with Crippen molar-refractivity contribution in [2.24, 2.45) is 5.92 Å². The second kappa shape index (κ2) is 8.26. The molecule has 0 bridgehead atoms. The van der Waals surface area contributed by atoms with Gasteiger partial charge in [0.25, 0.3) is 0 Å². The summed E-state index contributed by atoms with van der Waals surface area (Å²) >= 11 is 5.85. The molecule has 3 aromatic rings. The number of carbonyl (C=O) groups is 1. The number of hydrogen-bond donors (Lipinski definition) is 2. The van der Waals surface area contributed by atoms with Crippen LogP contribution in [0.15, 0.2) is 65.7 Å². The summed E-state index contributed by atoms with van der Waals surface area (Å²) < 4.78 is 28.6. The Balaban J connectivity index is 1.88. The Morgan fingerprint density at radius 3 is 2.39 bits per heavy atom. The first-order valence-corrected chi connectivity index (χ1v) is 10.6. The number of fused-ring (bicyclic) bond motifs is 1. The van der Waals surface area contributed by atoms with Crippen molar-refractivity contribution in [2.45, 2.75) is 24.8 Å². The summed E-state index contributed by atoms with van der Waals surface area (Å²) in [5.41, 5.74) is 0.893. The largest absolute Gasteiger partial charge is 0.325 e. The fourth-order valence-corrected chi connectivity index (χ4v) is 4.42. The van der Waals surface area contributed by atoms with E-state index in [1.807, 2.05) is 0 Å². The standard InChI is InChI=1S/C20H20ClN3O3S/c1-13(2)18(20(25)23-16-10-8-15(21)9-11-16)24-28(26,27)17-7-3-5-14-6-4-12-22-19(14)17/h3-13,18,24H,1-2H3,(H,23,25)/t18-/m0/s1. The van der Waals surface area contributed by atoms with Crippen LogP contribution in [-0.4, -0.2) is 25.4 Å². The molecule has 0 fully saturated rings. The summed E-state index contributed by atoms with van der Waals surface area (Å²) in [6, 6.07) is 14.1. The Morgan fingerprint density at radius 1 is 1.04 bits per heavy atom. The van der Waals surface area contributed by atoms with E-state index in [4.69, 9.17) is 11.6 Å². The zero-order valence-electron chi connectivity index (χ0n) is 15.4. The number of halogens is 1. The monoisotopic (exact) mass is 417 g/mol. The summed E-state index contributed by atoms with van der Waals surface area (Å²) in [6.07, 6.45) is 1.54. The predicted octanol–water partition coefficient (Wildman–Crippen LogP) is 3.83. The molecule has 1 heterocycles. The van der Waals surface area contributed by atoms with E-state index in [1.165, 1.54) is 12.3 Å². The van der Waals surface area contributed by atoms with E-state index >= 15 is 0 Å². The molecule has 1 aromatic heterocycles. The molecule has 0 saturated heterocycles. The number of hydrogen-bond acceptors (Lipinski definition) is 4. The summed E-state index contributed by atoms with van der Waals surface area (Å²) in [4.78, 5) is 17.0. The van der Waals surface area contributed by atoms with Gasteiger partial charge < -0.3 is 5.32 Å². The van der Waals surface area contributed by atoms with E-state index < -0.39 is 22.0 Å². The molecule has 1 atom stereocenters. The molecule has 8 heteroatoms. The number of benzene rings is 2. The van der Waals surface area contributed by atoms with E-state index in [2.05, 4.69) is 15.0 Å². The van der Waals surface area contributed by atoms with Crippen LogP contribution >= 0.6 is 11.6 Å². The van der Waals surface area contributed by atoms with Crippen molar-refractivity contribution in [3.8, 4) is 0 Å². The molecule has 1 amide bonds. The van der Waals surface area contributed by atoms with Crippen molar-refractivity contribution in [3.63, 3.8) is 0 Å². The van der Waals surface area contributed by atoms with Crippen LogP contribution in [0.5, 0.6) is 0 Å². The highest BCUT2D eigenvalue weighted by Crippen LogP contribution is 2.22. The van der Waals surface area contributed by atoms with E-state index in [-0.39, 0.29) is 10.8 Å². The number of sulfonamides is 1. The van der Waals surface area contributed by atoms with Crippen LogP contribution in [0.2, 0.25) is 5.02 Å². The third-order valence-corrected chi connectivity index (χ3v) is 5.95. The van der Waals surface area contributed by atoms with Gasteiger partial charge >= 0.3 is 0 Å². The van der Waals surface area contributed by atoms with Crippen molar-refractivity contribution in [1.29, 1.82) is 0 Å². The van der Waals surface area contributed by atoms with E-state index in [0.29, 0.717) is 21.6 Å². The maximum atomic E-state index is 13.0. The second-order valence-corrected chi connectivity index (χ2v) is 8.79. The van der Waals surface area contributed by atoms with Crippen LogP contribution in [0, 0.1) is 5.92 Å². The highest BCUT2D eigenvalue weighted by Gasteiger charge is 2.29. The van der Waals surface area contributed by atoms with Crippen LogP contribution in [0.1, 0.15) is 13.8 Å². The maximum absolute atomic E-state index is 13.0. The topological polar surface area (TPSA) is 88.2 Å². The Morgan fingerprint density at radius 2 is 1.71 bits per heavy atom. The van der Waals surface area contributed by atoms with Crippen molar-refractivity contribution in [1.82, 2.24) is 9.71 Å². The quantitative estimate of drug-likeness (QED) is 0.638. The highest BCUT2D eigenvalue weighted by molar-refractivity contribution is 7.89. The average Bonchev–Trinajstić information content (AvgIpc) is 2.67. The number of anilines is 1. The Kier molecular flexibility index (Phi) is 5.98. The molecule has 0 aliphatic carbocycles. The van der Waals surface area contributed by atoms with Gasteiger partial charge in [-0.3, -0.25) is 9.78 Å². The fraction of sp³-hybridized carbons (Fsp3) is 0.200. The summed E-state index contributed by atoms with van der Waals surface area (Å²) in [6.45, 7) is 3.55. The third kappa shape index (κ3) is 4.49. The number of amides is 1. The van der Waals surface area contributed by atoms with Crippen LogP contribution < -0.4 is 10.0 Å². The van der Waals surface area contributed by atoms with Crippen LogP contribution in [0.3, 0.4) is 0 Å². The smallest absolute Gasteiger partial charge is 0.243 e. The minimum atomic E-state index is -3.97. The molecule has 2 aromatic carbocycles. The van der Waals surface area contributed by atoms with Gasteiger partial charge in [-0.25, -0.2) is 8.42 Å². The molecule has 0 aliphatic rings. The van der Waals surface area contributed by atoms with Crippen LogP contribution in [0.4, 0.5) is 5.69 Å². The van der Waals surface area contributed by atoms with Crippen molar-refractivity contribution < 1.29 is 13.2 Å². The molecular formula is C20H20ClN3O3S. The van der Waals surface area contributed by atoms with E-state index in [0.717, 1.165) is 0 Å².